The number of halogens is 1. The predicted molar refractivity (Wildman–Crippen MR) is 189 cm³/mol. The summed E-state index contributed by atoms with van der Waals surface area (Å²) in [5.41, 5.74) is 2.35. The molecule has 1 N–H and O–H groups in total. The van der Waals surface area contributed by atoms with E-state index in [4.69, 9.17) is 18.9 Å². The number of nitrogens with zero attached hydrogens (tertiary/aromatic N) is 5. The number of carbonyl (C=O) groups excluding carboxylic acids is 1. The Labute approximate surface area is 286 Å². The number of hydrogen-bond acceptors (Lipinski definition) is 10. The number of benzene rings is 3. The number of hydrogen-bond donors (Lipinski definition) is 1. The molecule has 1 saturated heterocycles. The van der Waals surface area contributed by atoms with Crippen molar-refractivity contribution < 1.29 is 28.1 Å². The Morgan fingerprint density at radius 1 is 1.04 bits per heavy atom. The molecule has 1 fully saturated rings. The molecule has 49 heavy (non-hydrogen) atoms. The average Bonchev–Trinajstić information content (AvgIpc) is 3.10. The molecule has 0 spiro atoms. The van der Waals surface area contributed by atoms with Crippen molar-refractivity contribution >= 4 is 29.2 Å². The lowest BCUT2D eigenvalue weighted by molar-refractivity contribution is 0.145. The second-order valence-electron chi connectivity index (χ2n) is 11.7. The van der Waals surface area contributed by atoms with Gasteiger partial charge in [0.1, 0.15) is 23.1 Å². The third kappa shape index (κ3) is 9.04. The van der Waals surface area contributed by atoms with Gasteiger partial charge in [-0.3, -0.25) is 0 Å². The molecular formula is C37H43FN6O5. The lowest BCUT2D eigenvalue weighted by Gasteiger charge is -2.32. The van der Waals surface area contributed by atoms with Crippen LogP contribution in [0.15, 0.2) is 79.5 Å². The molecule has 1 aliphatic rings. The van der Waals surface area contributed by atoms with E-state index in [1.165, 1.54) is 24.3 Å². The van der Waals surface area contributed by atoms with E-state index in [9.17, 15) is 4.79 Å². The highest BCUT2D eigenvalue weighted by Gasteiger charge is 2.27. The van der Waals surface area contributed by atoms with Crippen LogP contribution in [0, 0.1) is 12.7 Å². The number of likely N-dealkylation sites (N-methyl/N-ethyl adjacent to an activating group) is 1. The van der Waals surface area contributed by atoms with Crippen LogP contribution in [0.25, 0.3) is 0 Å². The molecule has 1 amide bonds. The molecular weight excluding hydrogens is 627 g/mol. The van der Waals surface area contributed by atoms with Crippen molar-refractivity contribution in [1.29, 1.82) is 0 Å². The number of amides is 1. The fourth-order valence-corrected chi connectivity index (χ4v) is 5.49. The van der Waals surface area contributed by atoms with Crippen molar-refractivity contribution in [3.05, 3.63) is 96.5 Å². The van der Waals surface area contributed by atoms with E-state index in [2.05, 4.69) is 38.7 Å². The number of rotatable bonds is 14. The lowest BCUT2D eigenvalue weighted by atomic mass is 10.1. The number of piperazine rings is 1. The Morgan fingerprint density at radius 3 is 2.59 bits per heavy atom. The summed E-state index contributed by atoms with van der Waals surface area (Å²) in [4.78, 5) is 29.0. The van der Waals surface area contributed by atoms with Gasteiger partial charge in [-0.25, -0.2) is 19.1 Å². The van der Waals surface area contributed by atoms with Crippen LogP contribution in [0.2, 0.25) is 0 Å². The van der Waals surface area contributed by atoms with E-state index >= 15 is 4.39 Å². The quantitative estimate of drug-likeness (QED) is 0.114. The molecule has 0 radical (unpaired) electrons. The van der Waals surface area contributed by atoms with Crippen molar-refractivity contribution in [1.82, 2.24) is 19.8 Å². The number of carbonyl (C=O) groups is 1. The molecule has 12 heteroatoms. The maximum absolute atomic E-state index is 15.1. The number of aryl methyl sites for hydroxylation is 1. The second kappa shape index (κ2) is 16.8. The van der Waals surface area contributed by atoms with Crippen molar-refractivity contribution in [3.63, 3.8) is 0 Å². The molecule has 1 aliphatic heterocycles. The maximum atomic E-state index is 15.1. The highest BCUT2D eigenvalue weighted by molar-refractivity contribution is 5.98. The van der Waals surface area contributed by atoms with Crippen molar-refractivity contribution in [3.8, 4) is 23.0 Å². The Hall–Kier alpha value is -5.20. The number of ether oxygens (including phenoxy) is 4. The van der Waals surface area contributed by atoms with Crippen molar-refractivity contribution in [2.75, 3.05) is 70.8 Å². The molecule has 0 unspecified atom stereocenters. The monoisotopic (exact) mass is 670 g/mol. The summed E-state index contributed by atoms with van der Waals surface area (Å²) in [6.07, 6.45) is 3.82. The van der Waals surface area contributed by atoms with E-state index < -0.39 is 11.9 Å². The predicted octanol–water partition coefficient (Wildman–Crippen LogP) is 6.77. The molecule has 3 aromatic carbocycles. The van der Waals surface area contributed by atoms with Gasteiger partial charge in [0.25, 0.3) is 0 Å². The van der Waals surface area contributed by atoms with Crippen LogP contribution in [-0.4, -0.2) is 86.5 Å². The van der Waals surface area contributed by atoms with Crippen LogP contribution in [0.5, 0.6) is 23.0 Å². The van der Waals surface area contributed by atoms with E-state index in [0.29, 0.717) is 41.7 Å². The van der Waals surface area contributed by atoms with Crippen LogP contribution >= 0.6 is 0 Å². The number of aromatic nitrogens is 2. The molecule has 5 rings (SSSR count). The van der Waals surface area contributed by atoms with E-state index in [1.807, 2.05) is 25.1 Å². The topological polar surface area (TPSA) is 102 Å². The molecule has 258 valence electrons. The summed E-state index contributed by atoms with van der Waals surface area (Å²) < 4.78 is 37.8. The van der Waals surface area contributed by atoms with E-state index in [1.54, 1.807) is 49.6 Å². The fourth-order valence-electron chi connectivity index (χ4n) is 5.49. The highest BCUT2D eigenvalue weighted by Crippen LogP contribution is 2.37. The first-order valence-corrected chi connectivity index (χ1v) is 16.2. The minimum absolute atomic E-state index is 0.131. The van der Waals surface area contributed by atoms with Crippen LogP contribution in [-0.2, 0) is 6.42 Å². The Kier molecular flexibility index (Phi) is 12.0. The van der Waals surface area contributed by atoms with Gasteiger partial charge < -0.3 is 34.1 Å². The summed E-state index contributed by atoms with van der Waals surface area (Å²) in [5, 5.41) is 3.03. The average molecular weight is 671 g/mol. The third-order valence-electron chi connectivity index (χ3n) is 8.19. The summed E-state index contributed by atoms with van der Waals surface area (Å²) in [6, 6.07) is 16.8. The zero-order valence-corrected chi connectivity index (χ0v) is 28.4. The third-order valence-corrected chi connectivity index (χ3v) is 8.19. The van der Waals surface area contributed by atoms with Gasteiger partial charge in [0.2, 0.25) is 5.95 Å². The molecule has 0 saturated carbocycles. The van der Waals surface area contributed by atoms with Crippen LogP contribution in [0.1, 0.15) is 17.5 Å². The second-order valence-corrected chi connectivity index (χ2v) is 11.7. The summed E-state index contributed by atoms with van der Waals surface area (Å²) >= 11 is 0. The maximum Gasteiger partial charge on any atom is 0.425 e. The van der Waals surface area contributed by atoms with E-state index in [-0.39, 0.29) is 17.5 Å². The number of nitrogens with one attached hydrogen (secondary N) is 1. The van der Waals surface area contributed by atoms with E-state index in [0.717, 1.165) is 50.3 Å². The largest absolute Gasteiger partial charge is 0.497 e. The van der Waals surface area contributed by atoms with Gasteiger partial charge in [-0.15, -0.1) is 6.58 Å². The minimum Gasteiger partial charge on any atom is -0.497 e. The normalized spacial score (nSPS) is 13.4. The molecule has 0 aliphatic carbocycles. The van der Waals surface area contributed by atoms with Gasteiger partial charge in [0.15, 0.2) is 11.6 Å². The minimum atomic E-state index is -0.729. The van der Waals surface area contributed by atoms with Crippen molar-refractivity contribution in [2.24, 2.45) is 0 Å². The molecule has 0 bridgehead atoms. The van der Waals surface area contributed by atoms with Crippen LogP contribution in [0.3, 0.4) is 0 Å². The van der Waals surface area contributed by atoms with Crippen LogP contribution in [0.4, 0.5) is 32.3 Å². The number of anilines is 4. The van der Waals surface area contributed by atoms with Gasteiger partial charge in [-0.2, -0.15) is 4.98 Å². The van der Waals surface area contributed by atoms with Gasteiger partial charge in [-0.1, -0.05) is 24.3 Å². The smallest absolute Gasteiger partial charge is 0.425 e. The Bertz CT molecular complexity index is 1750. The molecule has 11 nitrogen and oxygen atoms in total. The fraction of sp³-hybridized carbons (Fsp3) is 0.324. The molecule has 0 atom stereocenters. The lowest BCUT2D eigenvalue weighted by Crippen LogP contribution is -2.44. The summed E-state index contributed by atoms with van der Waals surface area (Å²) in [6.45, 7) is 11.2. The Balaban J connectivity index is 1.35. The summed E-state index contributed by atoms with van der Waals surface area (Å²) in [5.74, 6) is 1.29. The van der Waals surface area contributed by atoms with Gasteiger partial charge in [0, 0.05) is 62.8 Å². The van der Waals surface area contributed by atoms with Gasteiger partial charge >= 0.3 is 6.09 Å². The SMILES string of the molecule is C=CCc1cccc(C)c1OC(=O)N(c1ccnc(Nc2ccc(OCCCN3CCN(C)CC3)c(F)c2)n1)c1ccc(OC)cc1OC. The van der Waals surface area contributed by atoms with Gasteiger partial charge in [-0.05, 0) is 62.2 Å². The molecule has 4 aromatic rings. The molecule has 2 heterocycles. The first-order valence-electron chi connectivity index (χ1n) is 16.2. The number of para-hydroxylation sites is 1. The van der Waals surface area contributed by atoms with Crippen LogP contribution < -0.4 is 29.2 Å². The first kappa shape index (κ1) is 35.1. The van der Waals surface area contributed by atoms with Gasteiger partial charge in [0.05, 0.1) is 26.5 Å². The molecule has 1 aromatic heterocycles. The summed E-state index contributed by atoms with van der Waals surface area (Å²) in [7, 11) is 5.16. The number of methoxy groups -OCH3 is 2. The number of allylic oxidation sites excluding steroid dienone is 1. The Morgan fingerprint density at radius 2 is 1.86 bits per heavy atom. The highest BCUT2D eigenvalue weighted by atomic mass is 19.1. The first-order chi connectivity index (χ1) is 23.8. The zero-order valence-electron chi connectivity index (χ0n) is 28.4. The standard InChI is InChI=1S/C37H43FN6O5/c1-6-9-27-11-7-10-26(2)35(27)49-37(45)44(31-14-13-29(46-4)25-33(31)47-5)34-16-17-39-36(41-34)40-28-12-15-32(30(38)24-28)48-23-8-18-43-21-19-42(3)20-22-43/h6-7,10-17,24-25H,1,8-9,18-23H2,2-5H3,(H,39,40,41). The van der Waals surface area contributed by atoms with Crippen molar-refractivity contribution in [2.45, 2.75) is 19.8 Å². The zero-order chi connectivity index (χ0) is 34.8.